The highest BCUT2D eigenvalue weighted by Gasteiger charge is 2.19. The summed E-state index contributed by atoms with van der Waals surface area (Å²) in [5.41, 5.74) is 2.33. The standard InChI is InChI=1S/C28H29N3O5/c1-4-36-24-13-14-25-20(16-24)15-21(27(32)30-25)18-31(17-19-7-5-6-8-26(19)35-3)28(33)29-22-9-11-23(34-2)12-10-22/h5-16H,4,17-18H2,1-3H3,(H,29,33)(H,30,32). The molecule has 0 aliphatic heterocycles. The van der Waals surface area contributed by atoms with Gasteiger partial charge in [0.15, 0.2) is 0 Å². The zero-order valence-electron chi connectivity index (χ0n) is 20.5. The van der Waals surface area contributed by atoms with E-state index in [1.807, 2.05) is 49.4 Å². The summed E-state index contributed by atoms with van der Waals surface area (Å²) in [6, 6.07) is 21.5. The van der Waals surface area contributed by atoms with Gasteiger partial charge in [0.05, 0.1) is 33.9 Å². The molecule has 0 saturated carbocycles. The second-order valence-electron chi connectivity index (χ2n) is 8.13. The van der Waals surface area contributed by atoms with Crippen molar-refractivity contribution in [3.63, 3.8) is 0 Å². The molecular weight excluding hydrogens is 458 g/mol. The Morgan fingerprint density at radius 2 is 1.61 bits per heavy atom. The minimum atomic E-state index is -0.353. The lowest BCUT2D eigenvalue weighted by atomic mass is 10.1. The Kier molecular flexibility index (Phi) is 7.75. The Labute approximate surface area is 209 Å². The number of benzene rings is 3. The fraction of sp³-hybridized carbons (Fsp3) is 0.214. The van der Waals surface area contributed by atoms with Crippen molar-refractivity contribution in [2.75, 3.05) is 26.1 Å². The van der Waals surface area contributed by atoms with Crippen LogP contribution in [0, 0.1) is 0 Å². The molecule has 4 rings (SSSR count). The number of nitrogens with one attached hydrogen (secondary N) is 2. The number of aromatic amines is 1. The average molecular weight is 488 g/mol. The van der Waals surface area contributed by atoms with Gasteiger partial charge in [-0.15, -0.1) is 0 Å². The molecule has 0 spiro atoms. The van der Waals surface area contributed by atoms with Crippen LogP contribution in [0.4, 0.5) is 10.5 Å². The molecule has 2 amide bonds. The van der Waals surface area contributed by atoms with Gasteiger partial charge in [0.25, 0.3) is 5.56 Å². The zero-order valence-corrected chi connectivity index (χ0v) is 20.5. The SMILES string of the molecule is CCOc1ccc2[nH]c(=O)c(CN(Cc3ccccc3OC)C(=O)Nc3ccc(OC)cc3)cc2c1. The second-order valence-corrected chi connectivity index (χ2v) is 8.13. The summed E-state index contributed by atoms with van der Waals surface area (Å²) in [6.45, 7) is 2.78. The first-order chi connectivity index (χ1) is 17.5. The van der Waals surface area contributed by atoms with Gasteiger partial charge in [-0.2, -0.15) is 0 Å². The van der Waals surface area contributed by atoms with E-state index >= 15 is 0 Å². The third-order valence-electron chi connectivity index (χ3n) is 5.75. The number of nitrogens with zero attached hydrogens (tertiary/aromatic N) is 1. The molecule has 0 unspecified atom stereocenters. The molecule has 1 aromatic heterocycles. The molecule has 2 N–H and O–H groups in total. The number of para-hydroxylation sites is 1. The van der Waals surface area contributed by atoms with Crippen LogP contribution < -0.4 is 25.1 Å². The number of hydrogen-bond acceptors (Lipinski definition) is 5. The summed E-state index contributed by atoms with van der Waals surface area (Å²) >= 11 is 0. The number of pyridine rings is 1. The highest BCUT2D eigenvalue weighted by molar-refractivity contribution is 5.89. The Morgan fingerprint density at radius 3 is 2.33 bits per heavy atom. The zero-order chi connectivity index (χ0) is 25.5. The highest BCUT2D eigenvalue weighted by Crippen LogP contribution is 2.23. The molecule has 0 aliphatic carbocycles. The maximum absolute atomic E-state index is 13.4. The third kappa shape index (κ3) is 5.78. The van der Waals surface area contributed by atoms with Crippen LogP contribution in [0.5, 0.6) is 17.2 Å². The Hall–Kier alpha value is -4.46. The van der Waals surface area contributed by atoms with Gasteiger partial charge < -0.3 is 29.4 Å². The van der Waals surface area contributed by atoms with E-state index in [1.165, 1.54) is 0 Å². The van der Waals surface area contributed by atoms with Gasteiger partial charge in [0.1, 0.15) is 17.2 Å². The smallest absolute Gasteiger partial charge is 0.322 e. The van der Waals surface area contributed by atoms with E-state index < -0.39 is 0 Å². The van der Waals surface area contributed by atoms with Crippen molar-refractivity contribution in [2.24, 2.45) is 0 Å². The number of amides is 2. The summed E-state index contributed by atoms with van der Waals surface area (Å²) < 4.78 is 16.3. The number of H-pyrrole nitrogens is 1. The van der Waals surface area contributed by atoms with Gasteiger partial charge in [-0.1, -0.05) is 18.2 Å². The van der Waals surface area contributed by atoms with E-state index in [2.05, 4.69) is 10.3 Å². The van der Waals surface area contributed by atoms with Crippen molar-refractivity contribution in [3.8, 4) is 17.2 Å². The number of aromatic nitrogens is 1. The van der Waals surface area contributed by atoms with Crippen LogP contribution in [-0.2, 0) is 13.1 Å². The van der Waals surface area contributed by atoms with Gasteiger partial charge in [0.2, 0.25) is 0 Å². The Morgan fingerprint density at radius 1 is 0.889 bits per heavy atom. The first-order valence-corrected chi connectivity index (χ1v) is 11.6. The topological polar surface area (TPSA) is 92.9 Å². The molecule has 36 heavy (non-hydrogen) atoms. The van der Waals surface area contributed by atoms with Crippen LogP contribution in [0.2, 0.25) is 0 Å². The molecule has 0 saturated heterocycles. The van der Waals surface area contributed by atoms with Crippen molar-refractivity contribution < 1.29 is 19.0 Å². The number of ether oxygens (including phenoxy) is 3. The molecule has 8 heteroatoms. The van der Waals surface area contributed by atoms with Crippen LogP contribution in [0.1, 0.15) is 18.1 Å². The van der Waals surface area contributed by atoms with Crippen molar-refractivity contribution in [2.45, 2.75) is 20.0 Å². The van der Waals surface area contributed by atoms with Gasteiger partial charge >= 0.3 is 6.03 Å². The largest absolute Gasteiger partial charge is 0.497 e. The lowest BCUT2D eigenvalue weighted by Gasteiger charge is -2.24. The number of hydrogen-bond donors (Lipinski definition) is 2. The van der Waals surface area contributed by atoms with E-state index in [-0.39, 0.29) is 24.7 Å². The van der Waals surface area contributed by atoms with E-state index in [0.717, 1.165) is 10.9 Å². The van der Waals surface area contributed by atoms with Crippen molar-refractivity contribution in [3.05, 3.63) is 94.3 Å². The van der Waals surface area contributed by atoms with Crippen molar-refractivity contribution in [1.82, 2.24) is 9.88 Å². The molecule has 0 aliphatic rings. The molecule has 186 valence electrons. The van der Waals surface area contributed by atoms with E-state index in [0.29, 0.717) is 40.6 Å². The Balaban J connectivity index is 1.66. The van der Waals surface area contributed by atoms with E-state index in [4.69, 9.17) is 14.2 Å². The number of urea groups is 1. The minimum absolute atomic E-state index is 0.0875. The molecular formula is C28H29N3O5. The predicted octanol–water partition coefficient (Wildman–Crippen LogP) is 5.18. The molecule has 0 fully saturated rings. The van der Waals surface area contributed by atoms with E-state index in [1.54, 1.807) is 49.5 Å². The van der Waals surface area contributed by atoms with Gasteiger partial charge in [-0.25, -0.2) is 4.79 Å². The fourth-order valence-electron chi connectivity index (χ4n) is 3.93. The van der Waals surface area contributed by atoms with Crippen molar-refractivity contribution >= 4 is 22.6 Å². The van der Waals surface area contributed by atoms with Crippen LogP contribution in [-0.4, -0.2) is 36.7 Å². The lowest BCUT2D eigenvalue weighted by molar-refractivity contribution is 0.205. The van der Waals surface area contributed by atoms with Crippen LogP contribution >= 0.6 is 0 Å². The normalized spacial score (nSPS) is 10.6. The quantitative estimate of drug-likeness (QED) is 0.339. The molecule has 8 nitrogen and oxygen atoms in total. The molecule has 0 atom stereocenters. The van der Waals surface area contributed by atoms with E-state index in [9.17, 15) is 9.59 Å². The highest BCUT2D eigenvalue weighted by atomic mass is 16.5. The third-order valence-corrected chi connectivity index (χ3v) is 5.75. The number of fused-ring (bicyclic) bond motifs is 1. The number of carbonyl (C=O) groups excluding carboxylic acids is 1. The molecule has 3 aromatic carbocycles. The fourth-order valence-corrected chi connectivity index (χ4v) is 3.93. The summed E-state index contributed by atoms with van der Waals surface area (Å²) in [5.74, 6) is 2.06. The maximum Gasteiger partial charge on any atom is 0.322 e. The number of carbonyl (C=O) groups is 1. The Bertz CT molecular complexity index is 1400. The van der Waals surface area contributed by atoms with Crippen LogP contribution in [0.3, 0.4) is 0 Å². The second kappa shape index (κ2) is 11.3. The predicted molar refractivity (Wildman–Crippen MR) is 140 cm³/mol. The number of anilines is 1. The summed E-state index contributed by atoms with van der Waals surface area (Å²) in [4.78, 5) is 30.8. The molecule has 0 radical (unpaired) electrons. The van der Waals surface area contributed by atoms with Crippen molar-refractivity contribution in [1.29, 1.82) is 0 Å². The lowest BCUT2D eigenvalue weighted by Crippen LogP contribution is -2.35. The summed E-state index contributed by atoms with van der Waals surface area (Å²) in [5, 5.41) is 3.73. The minimum Gasteiger partial charge on any atom is -0.497 e. The molecule has 4 aromatic rings. The van der Waals surface area contributed by atoms with Crippen LogP contribution in [0.25, 0.3) is 10.9 Å². The van der Waals surface area contributed by atoms with Gasteiger partial charge in [-0.05, 0) is 61.5 Å². The number of methoxy groups -OCH3 is 2. The monoisotopic (exact) mass is 487 g/mol. The number of rotatable bonds is 9. The van der Waals surface area contributed by atoms with Gasteiger partial charge in [-0.3, -0.25) is 4.79 Å². The first kappa shape index (κ1) is 24.7. The maximum atomic E-state index is 13.4. The molecule has 0 bridgehead atoms. The average Bonchev–Trinajstić information content (AvgIpc) is 2.89. The van der Waals surface area contributed by atoms with Gasteiger partial charge in [0, 0.05) is 27.7 Å². The summed E-state index contributed by atoms with van der Waals surface area (Å²) in [6.07, 6.45) is 0. The van der Waals surface area contributed by atoms with Crippen LogP contribution in [0.15, 0.2) is 77.6 Å². The first-order valence-electron chi connectivity index (χ1n) is 11.6. The summed E-state index contributed by atoms with van der Waals surface area (Å²) in [7, 11) is 3.17. The molecule has 1 heterocycles.